The predicted octanol–water partition coefficient (Wildman–Crippen LogP) is 2.35. The molecule has 0 amide bonds. The number of aliphatic hydroxyl groups excluding tert-OH is 1. The van der Waals surface area contributed by atoms with E-state index in [1.807, 2.05) is 0 Å². The zero-order valence-electron chi connectivity index (χ0n) is 13.0. The Morgan fingerprint density at radius 3 is 2.62 bits per heavy atom. The SMILES string of the molecule is O=C(c1ccc2ncc(OCCO)nc2c1)c1c(F)c(O)cc(F)c1F. The number of hydrogen-bond acceptors (Lipinski definition) is 6. The van der Waals surface area contributed by atoms with Crippen LogP contribution in [0.25, 0.3) is 11.0 Å². The minimum Gasteiger partial charge on any atom is -0.505 e. The fourth-order valence-corrected chi connectivity index (χ4v) is 2.29. The summed E-state index contributed by atoms with van der Waals surface area (Å²) in [6.45, 7) is -0.252. The van der Waals surface area contributed by atoms with E-state index in [2.05, 4.69) is 9.97 Å². The van der Waals surface area contributed by atoms with Crippen LogP contribution in [-0.4, -0.2) is 39.2 Å². The van der Waals surface area contributed by atoms with Crippen molar-refractivity contribution >= 4 is 16.8 Å². The summed E-state index contributed by atoms with van der Waals surface area (Å²) in [4.78, 5) is 20.5. The maximum absolute atomic E-state index is 13.9. The molecule has 1 aromatic heterocycles. The third-order valence-electron chi connectivity index (χ3n) is 3.49. The number of halogens is 3. The van der Waals surface area contributed by atoms with Gasteiger partial charge in [-0.05, 0) is 18.2 Å². The number of hydrogen-bond donors (Lipinski definition) is 2. The molecule has 1 heterocycles. The van der Waals surface area contributed by atoms with Crippen LogP contribution in [0, 0.1) is 17.5 Å². The number of phenolic OH excluding ortho intramolecular Hbond substituents is 1. The number of carbonyl (C=O) groups is 1. The molecule has 0 fully saturated rings. The van der Waals surface area contributed by atoms with Gasteiger partial charge in [0.1, 0.15) is 12.2 Å². The molecule has 0 saturated heterocycles. The van der Waals surface area contributed by atoms with Crippen molar-refractivity contribution in [2.45, 2.75) is 0 Å². The Morgan fingerprint density at radius 2 is 1.88 bits per heavy atom. The first-order valence-electron chi connectivity index (χ1n) is 7.34. The first-order valence-corrected chi connectivity index (χ1v) is 7.34. The number of ether oxygens (including phenoxy) is 1. The van der Waals surface area contributed by atoms with Gasteiger partial charge in [0.15, 0.2) is 29.0 Å². The van der Waals surface area contributed by atoms with Crippen LogP contribution in [0.3, 0.4) is 0 Å². The van der Waals surface area contributed by atoms with Crippen LogP contribution in [0.2, 0.25) is 0 Å². The summed E-state index contributed by atoms with van der Waals surface area (Å²) >= 11 is 0. The van der Waals surface area contributed by atoms with Crippen molar-refractivity contribution in [3.05, 3.63) is 59.0 Å². The number of ketones is 1. The van der Waals surface area contributed by atoms with Crippen molar-refractivity contribution in [2.75, 3.05) is 13.2 Å². The molecular weight excluding hydrogens is 353 g/mol. The molecule has 0 aliphatic rings. The minimum atomic E-state index is -1.70. The molecule has 26 heavy (non-hydrogen) atoms. The van der Waals surface area contributed by atoms with Gasteiger partial charge in [0, 0.05) is 11.6 Å². The Morgan fingerprint density at radius 1 is 1.12 bits per heavy atom. The van der Waals surface area contributed by atoms with Gasteiger partial charge in [0.05, 0.1) is 23.8 Å². The van der Waals surface area contributed by atoms with Crippen LogP contribution in [0.5, 0.6) is 11.6 Å². The molecule has 0 aliphatic heterocycles. The molecule has 0 spiro atoms. The maximum atomic E-state index is 13.9. The molecule has 0 saturated carbocycles. The van der Waals surface area contributed by atoms with E-state index in [1.165, 1.54) is 24.4 Å². The molecule has 0 bridgehead atoms. The first kappa shape index (κ1) is 17.6. The summed E-state index contributed by atoms with van der Waals surface area (Å²) in [6, 6.07) is 4.09. The highest BCUT2D eigenvalue weighted by Crippen LogP contribution is 2.27. The third kappa shape index (κ3) is 3.16. The third-order valence-corrected chi connectivity index (χ3v) is 3.49. The average Bonchev–Trinajstić information content (AvgIpc) is 2.64. The fourth-order valence-electron chi connectivity index (χ4n) is 2.29. The number of benzene rings is 2. The monoisotopic (exact) mass is 364 g/mol. The van der Waals surface area contributed by atoms with E-state index in [9.17, 15) is 23.1 Å². The molecule has 2 aromatic carbocycles. The summed E-state index contributed by atoms with van der Waals surface area (Å²) in [7, 11) is 0. The van der Waals surface area contributed by atoms with Gasteiger partial charge in [-0.2, -0.15) is 0 Å². The molecule has 0 atom stereocenters. The molecule has 6 nitrogen and oxygen atoms in total. The second-order valence-electron chi connectivity index (χ2n) is 5.19. The lowest BCUT2D eigenvalue weighted by Gasteiger charge is -2.08. The van der Waals surface area contributed by atoms with E-state index in [1.54, 1.807) is 0 Å². The normalized spacial score (nSPS) is 10.9. The summed E-state index contributed by atoms with van der Waals surface area (Å²) in [6.07, 6.45) is 1.31. The van der Waals surface area contributed by atoms with Crippen LogP contribution in [0.1, 0.15) is 15.9 Å². The number of aromatic nitrogens is 2. The van der Waals surface area contributed by atoms with Gasteiger partial charge in [-0.15, -0.1) is 0 Å². The van der Waals surface area contributed by atoms with E-state index in [0.29, 0.717) is 5.52 Å². The van der Waals surface area contributed by atoms with Crippen molar-refractivity contribution in [2.24, 2.45) is 0 Å². The van der Waals surface area contributed by atoms with Gasteiger partial charge >= 0.3 is 0 Å². The standard InChI is InChI=1S/C17H11F3N2O4/c18-9-6-12(24)16(20)14(15(9)19)17(25)8-1-2-10-11(5-8)22-13(7-21-10)26-4-3-23/h1-2,5-7,23-24H,3-4H2. The Labute approximate surface area is 144 Å². The van der Waals surface area contributed by atoms with Crippen molar-refractivity contribution in [3.8, 4) is 11.6 Å². The van der Waals surface area contributed by atoms with Gasteiger partial charge in [-0.3, -0.25) is 4.79 Å². The second-order valence-corrected chi connectivity index (χ2v) is 5.19. The molecule has 3 rings (SSSR count). The van der Waals surface area contributed by atoms with Crippen molar-refractivity contribution in [1.29, 1.82) is 0 Å². The van der Waals surface area contributed by atoms with E-state index < -0.39 is 34.5 Å². The van der Waals surface area contributed by atoms with E-state index in [0.717, 1.165) is 0 Å². The minimum absolute atomic E-state index is 0.0161. The van der Waals surface area contributed by atoms with Gasteiger partial charge < -0.3 is 14.9 Å². The lowest BCUT2D eigenvalue weighted by atomic mass is 10.0. The zero-order valence-corrected chi connectivity index (χ0v) is 13.0. The zero-order chi connectivity index (χ0) is 18.8. The Hall–Kier alpha value is -3.20. The number of rotatable bonds is 5. The number of fused-ring (bicyclic) bond motifs is 1. The number of aromatic hydroxyl groups is 1. The van der Waals surface area contributed by atoms with Crippen molar-refractivity contribution < 1.29 is 32.9 Å². The topological polar surface area (TPSA) is 92.5 Å². The van der Waals surface area contributed by atoms with Gasteiger partial charge in [0.25, 0.3) is 0 Å². The Kier molecular flexibility index (Phi) is 4.72. The summed E-state index contributed by atoms with van der Waals surface area (Å²) in [5.74, 6) is -7.06. The molecular formula is C17H11F3N2O4. The summed E-state index contributed by atoms with van der Waals surface area (Å²) < 4.78 is 46.3. The van der Waals surface area contributed by atoms with Crippen LogP contribution in [0.15, 0.2) is 30.5 Å². The first-order chi connectivity index (χ1) is 12.4. The molecule has 0 unspecified atom stereocenters. The maximum Gasteiger partial charge on any atom is 0.232 e. The van der Waals surface area contributed by atoms with Crippen molar-refractivity contribution in [3.63, 3.8) is 0 Å². The Balaban J connectivity index is 2.06. The van der Waals surface area contributed by atoms with Gasteiger partial charge in [-0.25, -0.2) is 23.1 Å². The van der Waals surface area contributed by atoms with E-state index in [-0.39, 0.29) is 36.2 Å². The number of carbonyl (C=O) groups excluding carboxylic acids is 1. The lowest BCUT2D eigenvalue weighted by molar-refractivity contribution is 0.102. The highest BCUT2D eigenvalue weighted by molar-refractivity contribution is 6.10. The van der Waals surface area contributed by atoms with Crippen molar-refractivity contribution in [1.82, 2.24) is 9.97 Å². The Bertz CT molecular complexity index is 985. The number of aliphatic hydroxyl groups is 1. The molecule has 134 valence electrons. The van der Waals surface area contributed by atoms with E-state index in [4.69, 9.17) is 9.84 Å². The second kappa shape index (κ2) is 6.96. The molecule has 0 radical (unpaired) electrons. The smallest absolute Gasteiger partial charge is 0.232 e. The highest BCUT2D eigenvalue weighted by Gasteiger charge is 2.25. The number of phenols is 1. The predicted molar refractivity (Wildman–Crippen MR) is 83.5 cm³/mol. The van der Waals surface area contributed by atoms with E-state index >= 15 is 0 Å². The van der Waals surface area contributed by atoms with Gasteiger partial charge in [0.2, 0.25) is 5.88 Å². The summed E-state index contributed by atoms with van der Waals surface area (Å²) in [5, 5.41) is 18.0. The average molecular weight is 364 g/mol. The highest BCUT2D eigenvalue weighted by atomic mass is 19.2. The van der Waals surface area contributed by atoms with Crippen LogP contribution in [-0.2, 0) is 0 Å². The van der Waals surface area contributed by atoms with Gasteiger partial charge in [-0.1, -0.05) is 0 Å². The summed E-state index contributed by atoms with van der Waals surface area (Å²) in [5.41, 5.74) is -0.829. The van der Waals surface area contributed by atoms with Crippen LogP contribution >= 0.6 is 0 Å². The molecule has 0 aliphatic carbocycles. The van der Waals surface area contributed by atoms with Crippen LogP contribution < -0.4 is 4.74 Å². The molecule has 3 aromatic rings. The molecule has 9 heteroatoms. The number of nitrogens with zero attached hydrogens (tertiary/aromatic N) is 2. The lowest BCUT2D eigenvalue weighted by Crippen LogP contribution is -2.10. The fraction of sp³-hybridized carbons (Fsp3) is 0.118. The largest absolute Gasteiger partial charge is 0.505 e. The van der Waals surface area contributed by atoms with Crippen LogP contribution in [0.4, 0.5) is 13.2 Å². The quantitative estimate of drug-likeness (QED) is 0.533. The molecule has 2 N–H and O–H groups in total.